The maximum atomic E-state index is 6.36. The number of hydrogen-bond acceptors (Lipinski definition) is 1. The monoisotopic (exact) mass is 269 g/mol. The van der Waals surface area contributed by atoms with Crippen molar-refractivity contribution in [3.05, 3.63) is 40.5 Å². The van der Waals surface area contributed by atoms with Gasteiger partial charge >= 0.3 is 0 Å². The molecule has 16 heavy (non-hydrogen) atoms. The van der Waals surface area contributed by atoms with E-state index in [-0.39, 0.29) is 0 Å². The van der Waals surface area contributed by atoms with E-state index in [1.165, 1.54) is 0 Å². The smallest absolute Gasteiger partial charge is 0.0909 e. The zero-order valence-corrected chi connectivity index (χ0v) is 11.2. The number of nitrogens with zero attached hydrogens (tertiary/aromatic N) is 1. The van der Waals surface area contributed by atoms with E-state index < -0.39 is 0 Å². The average molecular weight is 270 g/mol. The molecule has 1 heterocycles. The quantitative estimate of drug-likeness (QED) is 0.748. The normalized spacial score (nSPS) is 11.4. The molecule has 0 spiro atoms. The molecule has 0 saturated carbocycles. The first kappa shape index (κ1) is 11.9. The van der Waals surface area contributed by atoms with Crippen LogP contribution in [0.3, 0.4) is 0 Å². The lowest BCUT2D eigenvalue weighted by atomic mass is 10.1. The van der Waals surface area contributed by atoms with Crippen LogP contribution in [0.2, 0.25) is 10.0 Å². The molecule has 0 radical (unpaired) electrons. The molecule has 0 saturated heterocycles. The van der Waals surface area contributed by atoms with E-state index in [0.29, 0.717) is 13.6 Å². The van der Waals surface area contributed by atoms with Gasteiger partial charge in [0.2, 0.25) is 0 Å². The first-order valence-corrected chi connectivity index (χ1v) is 7.02. The Balaban J connectivity index is 2.98. The number of aromatic nitrogens is 1. The Morgan fingerprint density at radius 2 is 2.12 bits per heavy atom. The van der Waals surface area contributed by atoms with Gasteiger partial charge in [0.1, 0.15) is 0 Å². The van der Waals surface area contributed by atoms with Crippen LogP contribution < -0.4 is 5.30 Å². The number of benzene rings is 1. The third-order valence-corrected chi connectivity index (χ3v) is 4.38. The highest BCUT2D eigenvalue weighted by Gasteiger charge is 2.14. The third-order valence-electron chi connectivity index (χ3n) is 2.43. The topological polar surface area (TPSA) is 12.9 Å². The maximum absolute atomic E-state index is 6.36. The van der Waals surface area contributed by atoms with E-state index in [1.54, 1.807) is 12.3 Å². The minimum absolute atomic E-state index is 0.579. The first-order chi connectivity index (χ1) is 7.70. The summed E-state index contributed by atoms with van der Waals surface area (Å²) in [5.41, 5.74) is 1.64. The predicted molar refractivity (Wildman–Crippen MR) is 75.7 cm³/mol. The molecule has 1 aromatic carbocycles. The standard InChI is InChI=1S/C12H10Cl2NP/c1-3-7-9(13)11-8(5-4-6-15-11)10(14)12(7)16-2/h3-6,16H,1H2,2H3. The predicted octanol–water partition coefficient (Wildman–Crippen LogP) is 4.12. The van der Waals surface area contributed by atoms with Gasteiger partial charge in [0.15, 0.2) is 0 Å². The summed E-state index contributed by atoms with van der Waals surface area (Å²) in [4.78, 5) is 4.26. The molecule has 1 aromatic heterocycles. The van der Waals surface area contributed by atoms with Gasteiger partial charge in [0, 0.05) is 22.5 Å². The van der Waals surface area contributed by atoms with Crippen LogP contribution in [0.15, 0.2) is 24.9 Å². The second kappa shape index (κ2) is 4.71. The zero-order chi connectivity index (χ0) is 11.7. The fourth-order valence-electron chi connectivity index (χ4n) is 1.68. The Morgan fingerprint density at radius 1 is 1.38 bits per heavy atom. The average Bonchev–Trinajstić information content (AvgIpc) is 2.33. The molecule has 0 aliphatic heterocycles. The van der Waals surface area contributed by atoms with Gasteiger partial charge in [-0.3, -0.25) is 4.98 Å². The number of fused-ring (bicyclic) bond motifs is 1. The zero-order valence-electron chi connectivity index (χ0n) is 8.72. The fourth-order valence-corrected chi connectivity index (χ4v) is 3.47. The highest BCUT2D eigenvalue weighted by atomic mass is 35.5. The second-order valence-corrected chi connectivity index (χ2v) is 5.03. The minimum atomic E-state index is 0.579. The van der Waals surface area contributed by atoms with Crippen LogP contribution in [0, 0.1) is 0 Å². The Kier molecular flexibility index (Phi) is 3.49. The van der Waals surface area contributed by atoms with Crippen LogP contribution in [0.25, 0.3) is 17.0 Å². The Bertz CT molecular complexity index is 566. The molecule has 0 amide bonds. The first-order valence-electron chi connectivity index (χ1n) is 4.76. The Morgan fingerprint density at radius 3 is 2.75 bits per heavy atom. The van der Waals surface area contributed by atoms with E-state index in [0.717, 1.165) is 26.8 Å². The van der Waals surface area contributed by atoms with Gasteiger partial charge in [-0.1, -0.05) is 44.4 Å². The molecule has 0 bridgehead atoms. The fraction of sp³-hybridized carbons (Fsp3) is 0.0833. The van der Waals surface area contributed by atoms with Crippen LogP contribution >= 0.6 is 31.8 Å². The lowest BCUT2D eigenvalue weighted by Gasteiger charge is -2.12. The van der Waals surface area contributed by atoms with Crippen molar-refractivity contribution in [1.82, 2.24) is 4.98 Å². The molecule has 0 aliphatic rings. The van der Waals surface area contributed by atoms with Gasteiger partial charge in [-0.15, -0.1) is 0 Å². The molecule has 1 atom stereocenters. The van der Waals surface area contributed by atoms with Crippen molar-refractivity contribution in [2.45, 2.75) is 0 Å². The van der Waals surface area contributed by atoms with Crippen molar-refractivity contribution >= 4 is 54.1 Å². The molecule has 4 heteroatoms. The van der Waals surface area contributed by atoms with E-state index in [2.05, 4.69) is 18.2 Å². The molecule has 0 aliphatic carbocycles. The maximum Gasteiger partial charge on any atom is 0.0909 e. The second-order valence-electron chi connectivity index (χ2n) is 3.27. The summed E-state index contributed by atoms with van der Waals surface area (Å²) in [5.74, 6) is 0. The van der Waals surface area contributed by atoms with Crippen molar-refractivity contribution in [1.29, 1.82) is 0 Å². The molecule has 2 rings (SSSR count). The third kappa shape index (κ3) is 1.73. The van der Waals surface area contributed by atoms with E-state index >= 15 is 0 Å². The van der Waals surface area contributed by atoms with Gasteiger partial charge in [-0.2, -0.15) is 0 Å². The summed E-state index contributed by atoms with van der Waals surface area (Å²) in [6.45, 7) is 5.86. The highest BCUT2D eigenvalue weighted by Crippen LogP contribution is 2.33. The van der Waals surface area contributed by atoms with Gasteiger partial charge in [-0.05, 0) is 18.8 Å². The van der Waals surface area contributed by atoms with E-state index in [9.17, 15) is 0 Å². The largest absolute Gasteiger partial charge is 0.255 e. The SMILES string of the molecule is C=Cc1c(PC)c(Cl)c2cccnc2c1Cl. The highest BCUT2D eigenvalue weighted by molar-refractivity contribution is 7.47. The van der Waals surface area contributed by atoms with Crippen LogP contribution in [0.5, 0.6) is 0 Å². The summed E-state index contributed by atoms with van der Waals surface area (Å²) in [6, 6.07) is 3.80. The molecular formula is C12H10Cl2NP. The Labute approximate surface area is 106 Å². The van der Waals surface area contributed by atoms with Gasteiger partial charge in [0.25, 0.3) is 0 Å². The van der Waals surface area contributed by atoms with Crippen LogP contribution in [0.1, 0.15) is 5.56 Å². The molecule has 2 aromatic rings. The van der Waals surface area contributed by atoms with E-state index in [1.807, 2.05) is 12.1 Å². The molecule has 1 nitrogen and oxygen atoms in total. The van der Waals surface area contributed by atoms with Crippen molar-refractivity contribution in [2.24, 2.45) is 0 Å². The van der Waals surface area contributed by atoms with Crippen LogP contribution in [0.4, 0.5) is 0 Å². The van der Waals surface area contributed by atoms with E-state index in [4.69, 9.17) is 23.2 Å². The molecule has 82 valence electrons. The summed E-state index contributed by atoms with van der Waals surface area (Å²) >= 11 is 12.7. The van der Waals surface area contributed by atoms with Crippen LogP contribution in [-0.4, -0.2) is 11.6 Å². The van der Waals surface area contributed by atoms with Crippen LogP contribution in [-0.2, 0) is 0 Å². The molecular weight excluding hydrogens is 260 g/mol. The number of rotatable bonds is 2. The lowest BCUT2D eigenvalue weighted by molar-refractivity contribution is 1.41. The Hall–Kier alpha value is -0.620. The molecule has 1 unspecified atom stereocenters. The van der Waals surface area contributed by atoms with Gasteiger partial charge in [0.05, 0.1) is 15.6 Å². The number of hydrogen-bond donors (Lipinski definition) is 0. The molecule has 0 N–H and O–H groups in total. The lowest BCUT2D eigenvalue weighted by Crippen LogP contribution is -2.04. The van der Waals surface area contributed by atoms with Crippen molar-refractivity contribution in [2.75, 3.05) is 6.66 Å². The minimum Gasteiger partial charge on any atom is -0.255 e. The summed E-state index contributed by atoms with van der Waals surface area (Å²) in [7, 11) is 0.579. The van der Waals surface area contributed by atoms with Gasteiger partial charge < -0.3 is 0 Å². The van der Waals surface area contributed by atoms with Crippen molar-refractivity contribution in [3.8, 4) is 0 Å². The summed E-state index contributed by atoms with van der Waals surface area (Å²) in [5, 5.41) is 3.34. The molecule has 0 fully saturated rings. The number of halogens is 2. The van der Waals surface area contributed by atoms with Crippen molar-refractivity contribution in [3.63, 3.8) is 0 Å². The number of pyridine rings is 1. The van der Waals surface area contributed by atoms with Crippen molar-refractivity contribution < 1.29 is 0 Å². The summed E-state index contributed by atoms with van der Waals surface area (Å²) in [6.07, 6.45) is 3.46. The van der Waals surface area contributed by atoms with Gasteiger partial charge in [-0.25, -0.2) is 0 Å². The summed E-state index contributed by atoms with van der Waals surface area (Å²) < 4.78 is 0.